The lowest BCUT2D eigenvalue weighted by Gasteiger charge is -2.26. The quantitative estimate of drug-likeness (QED) is 0.375. The minimum absolute atomic E-state index is 0.0451. The molecule has 4 amide bonds. The Morgan fingerprint density at radius 2 is 1.62 bits per heavy atom. The summed E-state index contributed by atoms with van der Waals surface area (Å²) in [6.45, 7) is 0. The number of nitro groups is 1. The fraction of sp³-hybridized carbons (Fsp3) is 0. The summed E-state index contributed by atoms with van der Waals surface area (Å²) in [5, 5.41) is 22.1. The van der Waals surface area contributed by atoms with Gasteiger partial charge in [-0.05, 0) is 48.0 Å². The van der Waals surface area contributed by atoms with E-state index >= 15 is 0 Å². The van der Waals surface area contributed by atoms with Gasteiger partial charge in [0.25, 0.3) is 17.5 Å². The topological polar surface area (TPSA) is 130 Å². The first-order valence-corrected chi connectivity index (χ1v) is 7.32. The van der Waals surface area contributed by atoms with Crippen molar-refractivity contribution < 1.29 is 24.4 Å². The molecule has 9 nitrogen and oxygen atoms in total. The predicted octanol–water partition coefficient (Wildman–Crippen LogP) is 1.97. The molecule has 130 valence electrons. The summed E-state index contributed by atoms with van der Waals surface area (Å²) in [4.78, 5) is 47.5. The van der Waals surface area contributed by atoms with Gasteiger partial charge in [0, 0.05) is 12.1 Å². The van der Waals surface area contributed by atoms with Gasteiger partial charge in [0.15, 0.2) is 0 Å². The number of non-ortho nitro benzene ring substituents is 1. The monoisotopic (exact) mass is 353 g/mol. The average Bonchev–Trinajstić information content (AvgIpc) is 2.60. The molecule has 9 heteroatoms. The van der Waals surface area contributed by atoms with E-state index in [-0.39, 0.29) is 22.7 Å². The number of nitro benzene ring substituents is 1. The number of aromatic hydroxyl groups is 1. The molecule has 0 saturated carbocycles. The molecule has 0 radical (unpaired) electrons. The van der Waals surface area contributed by atoms with Crippen molar-refractivity contribution >= 4 is 35.3 Å². The standard InChI is InChI=1S/C17H11N3O6/c21-13-7-5-11(6-8-13)19-16(23)14(15(22)18-17(19)24)9-10-1-3-12(4-2-10)20(25)26/h1-9,21H,(H,18,22,24)/b14-9+. The van der Waals surface area contributed by atoms with Gasteiger partial charge in [-0.25, -0.2) is 9.69 Å². The van der Waals surface area contributed by atoms with Crippen LogP contribution in [-0.4, -0.2) is 27.9 Å². The van der Waals surface area contributed by atoms with Gasteiger partial charge in [-0.3, -0.25) is 25.0 Å². The number of amides is 4. The Kier molecular flexibility index (Phi) is 4.19. The maximum Gasteiger partial charge on any atom is 0.335 e. The van der Waals surface area contributed by atoms with Gasteiger partial charge in [0.05, 0.1) is 10.6 Å². The summed E-state index contributed by atoms with van der Waals surface area (Å²) in [7, 11) is 0. The molecular weight excluding hydrogens is 342 g/mol. The highest BCUT2D eigenvalue weighted by Gasteiger charge is 2.36. The third-order valence-electron chi connectivity index (χ3n) is 3.62. The minimum atomic E-state index is -0.911. The van der Waals surface area contributed by atoms with Crippen LogP contribution >= 0.6 is 0 Å². The van der Waals surface area contributed by atoms with E-state index < -0.39 is 22.8 Å². The number of rotatable bonds is 3. The number of benzene rings is 2. The van der Waals surface area contributed by atoms with E-state index in [0.29, 0.717) is 5.56 Å². The lowest BCUT2D eigenvalue weighted by Crippen LogP contribution is -2.54. The van der Waals surface area contributed by atoms with Gasteiger partial charge < -0.3 is 5.11 Å². The fourth-order valence-electron chi connectivity index (χ4n) is 2.35. The van der Waals surface area contributed by atoms with Crippen LogP contribution in [0.15, 0.2) is 54.1 Å². The largest absolute Gasteiger partial charge is 0.508 e. The lowest BCUT2D eigenvalue weighted by molar-refractivity contribution is -0.384. The van der Waals surface area contributed by atoms with Gasteiger partial charge in [-0.1, -0.05) is 0 Å². The maximum atomic E-state index is 12.6. The minimum Gasteiger partial charge on any atom is -0.508 e. The van der Waals surface area contributed by atoms with Crippen molar-refractivity contribution in [1.29, 1.82) is 0 Å². The van der Waals surface area contributed by atoms with E-state index in [9.17, 15) is 29.6 Å². The van der Waals surface area contributed by atoms with Crippen molar-refractivity contribution in [2.24, 2.45) is 0 Å². The molecule has 2 aromatic carbocycles. The molecule has 1 saturated heterocycles. The summed E-state index contributed by atoms with van der Waals surface area (Å²) < 4.78 is 0. The van der Waals surface area contributed by atoms with E-state index in [4.69, 9.17) is 0 Å². The van der Waals surface area contributed by atoms with Crippen LogP contribution < -0.4 is 10.2 Å². The molecule has 1 aliphatic heterocycles. The second-order valence-electron chi connectivity index (χ2n) is 5.32. The molecule has 0 aliphatic carbocycles. The number of hydrogen-bond acceptors (Lipinski definition) is 6. The molecule has 0 atom stereocenters. The third-order valence-corrected chi connectivity index (χ3v) is 3.62. The van der Waals surface area contributed by atoms with Crippen LogP contribution in [0.25, 0.3) is 6.08 Å². The molecule has 1 heterocycles. The van der Waals surface area contributed by atoms with Gasteiger partial charge in [-0.15, -0.1) is 0 Å². The Bertz CT molecular complexity index is 947. The Labute approximate surface area is 146 Å². The van der Waals surface area contributed by atoms with Gasteiger partial charge in [0.1, 0.15) is 11.3 Å². The number of anilines is 1. The smallest absolute Gasteiger partial charge is 0.335 e. The zero-order valence-electron chi connectivity index (χ0n) is 13.1. The second kappa shape index (κ2) is 6.48. The summed E-state index contributed by atoms with van der Waals surface area (Å²) >= 11 is 0. The highest BCUT2D eigenvalue weighted by Crippen LogP contribution is 2.24. The number of carbonyl (C=O) groups excluding carboxylic acids is 3. The van der Waals surface area contributed by atoms with Crippen LogP contribution in [0, 0.1) is 10.1 Å². The number of nitrogens with zero attached hydrogens (tertiary/aromatic N) is 2. The normalized spacial score (nSPS) is 15.9. The van der Waals surface area contributed by atoms with Crippen molar-refractivity contribution in [2.45, 2.75) is 0 Å². The van der Waals surface area contributed by atoms with Crippen molar-refractivity contribution in [2.75, 3.05) is 4.90 Å². The average molecular weight is 353 g/mol. The first-order chi connectivity index (χ1) is 12.4. The number of hydrogen-bond donors (Lipinski definition) is 2. The Hall–Kier alpha value is -4.01. The Morgan fingerprint density at radius 1 is 1.00 bits per heavy atom. The summed E-state index contributed by atoms with van der Waals surface area (Å²) in [5.74, 6) is -1.76. The molecule has 2 aromatic rings. The molecule has 2 N–H and O–H groups in total. The molecule has 0 spiro atoms. The van der Waals surface area contributed by atoms with E-state index in [1.54, 1.807) is 0 Å². The number of barbiturate groups is 1. The molecule has 3 rings (SSSR count). The molecular formula is C17H11N3O6. The summed E-state index contributed by atoms with van der Waals surface area (Å²) in [6, 6.07) is 9.63. The number of phenols is 1. The highest BCUT2D eigenvalue weighted by atomic mass is 16.6. The zero-order chi connectivity index (χ0) is 18.8. The van der Waals surface area contributed by atoms with Crippen molar-refractivity contribution in [3.05, 3.63) is 69.8 Å². The molecule has 0 aromatic heterocycles. The second-order valence-corrected chi connectivity index (χ2v) is 5.32. The SMILES string of the molecule is O=C1NC(=O)N(c2ccc(O)cc2)C(=O)/C1=C/c1ccc([N+](=O)[O-])cc1. The molecule has 0 unspecified atom stereocenters. The highest BCUT2D eigenvalue weighted by molar-refractivity contribution is 6.39. The number of imide groups is 2. The van der Waals surface area contributed by atoms with Gasteiger partial charge in [0.2, 0.25) is 0 Å². The molecule has 1 fully saturated rings. The summed E-state index contributed by atoms with van der Waals surface area (Å²) in [6.07, 6.45) is 1.24. The van der Waals surface area contributed by atoms with Crippen molar-refractivity contribution in [3.63, 3.8) is 0 Å². The summed E-state index contributed by atoms with van der Waals surface area (Å²) in [5.41, 5.74) is 0.125. The molecule has 0 bridgehead atoms. The first kappa shape index (κ1) is 16.8. The number of nitrogens with one attached hydrogen (secondary N) is 1. The predicted molar refractivity (Wildman–Crippen MR) is 90.2 cm³/mol. The van der Waals surface area contributed by atoms with Crippen LogP contribution in [-0.2, 0) is 9.59 Å². The fourth-order valence-corrected chi connectivity index (χ4v) is 2.35. The van der Waals surface area contributed by atoms with Crippen molar-refractivity contribution in [1.82, 2.24) is 5.32 Å². The Balaban J connectivity index is 1.96. The van der Waals surface area contributed by atoms with E-state index in [2.05, 4.69) is 5.32 Å². The van der Waals surface area contributed by atoms with E-state index in [1.165, 1.54) is 54.6 Å². The van der Waals surface area contributed by atoms with Gasteiger partial charge in [-0.2, -0.15) is 0 Å². The lowest BCUT2D eigenvalue weighted by atomic mass is 10.1. The number of phenolic OH excluding ortho intramolecular Hbond substituents is 1. The van der Waals surface area contributed by atoms with Crippen molar-refractivity contribution in [3.8, 4) is 5.75 Å². The molecule has 26 heavy (non-hydrogen) atoms. The van der Waals surface area contributed by atoms with E-state index in [1.807, 2.05) is 0 Å². The van der Waals surface area contributed by atoms with Crippen LogP contribution in [0.5, 0.6) is 5.75 Å². The van der Waals surface area contributed by atoms with Crippen LogP contribution in [0.4, 0.5) is 16.2 Å². The first-order valence-electron chi connectivity index (χ1n) is 7.32. The maximum absolute atomic E-state index is 12.6. The van der Waals surface area contributed by atoms with Crippen LogP contribution in [0.3, 0.4) is 0 Å². The van der Waals surface area contributed by atoms with Gasteiger partial charge >= 0.3 is 6.03 Å². The number of carbonyl (C=O) groups is 3. The molecule has 1 aliphatic rings. The number of urea groups is 1. The van der Waals surface area contributed by atoms with E-state index in [0.717, 1.165) is 4.90 Å². The third kappa shape index (κ3) is 3.13. The van der Waals surface area contributed by atoms with Crippen LogP contribution in [0.2, 0.25) is 0 Å². The zero-order valence-corrected chi connectivity index (χ0v) is 13.1. The van der Waals surface area contributed by atoms with Crippen LogP contribution in [0.1, 0.15) is 5.56 Å². The Morgan fingerprint density at radius 3 is 2.19 bits per heavy atom.